The molecule has 0 spiro atoms. The predicted octanol–water partition coefficient (Wildman–Crippen LogP) is 2.40. The standard InChI is InChI=1S/C15H18N4O2/c1-11-12(3-2-4-15(11)19(20)21)8-18-9-14(17-10-18)7-16-13-5-6-13/h2-4,9-10,13,16H,5-8H2,1H3. The van der Waals surface area contributed by atoms with Crippen LogP contribution in [0.4, 0.5) is 5.69 Å². The van der Waals surface area contributed by atoms with Crippen molar-refractivity contribution in [3.63, 3.8) is 0 Å². The van der Waals surface area contributed by atoms with Gasteiger partial charge in [0.25, 0.3) is 5.69 Å². The van der Waals surface area contributed by atoms with Gasteiger partial charge in [0, 0.05) is 37.0 Å². The average molecular weight is 286 g/mol. The summed E-state index contributed by atoms with van der Waals surface area (Å²) in [4.78, 5) is 15.0. The van der Waals surface area contributed by atoms with Gasteiger partial charge in [0.2, 0.25) is 0 Å². The van der Waals surface area contributed by atoms with Crippen molar-refractivity contribution >= 4 is 5.69 Å². The Labute approximate surface area is 123 Å². The number of hydrogen-bond donors (Lipinski definition) is 1. The van der Waals surface area contributed by atoms with Crippen LogP contribution in [-0.4, -0.2) is 20.5 Å². The summed E-state index contributed by atoms with van der Waals surface area (Å²) >= 11 is 0. The first-order chi connectivity index (χ1) is 10.1. The van der Waals surface area contributed by atoms with Crippen molar-refractivity contribution in [2.45, 2.75) is 38.9 Å². The van der Waals surface area contributed by atoms with Crippen LogP contribution in [0.25, 0.3) is 0 Å². The first-order valence-corrected chi connectivity index (χ1v) is 7.10. The molecule has 1 aromatic carbocycles. The molecule has 1 heterocycles. The van der Waals surface area contributed by atoms with Crippen molar-refractivity contribution in [2.75, 3.05) is 0 Å². The van der Waals surface area contributed by atoms with Crippen LogP contribution in [-0.2, 0) is 13.1 Å². The summed E-state index contributed by atoms with van der Waals surface area (Å²) in [6.45, 7) is 3.18. The molecule has 0 unspecified atom stereocenters. The van der Waals surface area contributed by atoms with E-state index in [0.717, 1.165) is 17.8 Å². The number of benzene rings is 1. The smallest absolute Gasteiger partial charge is 0.272 e. The van der Waals surface area contributed by atoms with Crippen molar-refractivity contribution in [1.29, 1.82) is 0 Å². The average Bonchev–Trinajstić information content (AvgIpc) is 3.18. The van der Waals surface area contributed by atoms with E-state index in [4.69, 9.17) is 0 Å². The second-order valence-electron chi connectivity index (χ2n) is 5.51. The zero-order valence-corrected chi connectivity index (χ0v) is 12.0. The van der Waals surface area contributed by atoms with E-state index in [-0.39, 0.29) is 10.6 Å². The molecule has 0 saturated heterocycles. The maximum atomic E-state index is 11.0. The fourth-order valence-corrected chi connectivity index (χ4v) is 2.36. The summed E-state index contributed by atoms with van der Waals surface area (Å²) in [5.74, 6) is 0. The third kappa shape index (κ3) is 3.28. The topological polar surface area (TPSA) is 73.0 Å². The number of nitrogens with one attached hydrogen (secondary N) is 1. The molecule has 21 heavy (non-hydrogen) atoms. The molecule has 1 aliphatic rings. The Hall–Kier alpha value is -2.21. The molecule has 0 atom stereocenters. The van der Waals surface area contributed by atoms with Gasteiger partial charge in [-0.05, 0) is 25.3 Å². The Morgan fingerprint density at radius 2 is 2.29 bits per heavy atom. The second kappa shape index (κ2) is 5.65. The lowest BCUT2D eigenvalue weighted by Crippen LogP contribution is -2.15. The van der Waals surface area contributed by atoms with Crippen LogP contribution in [0.2, 0.25) is 0 Å². The summed E-state index contributed by atoms with van der Waals surface area (Å²) in [7, 11) is 0. The first kappa shape index (κ1) is 13.8. The van der Waals surface area contributed by atoms with Crippen molar-refractivity contribution < 1.29 is 4.92 Å². The molecule has 2 aromatic rings. The van der Waals surface area contributed by atoms with E-state index in [1.807, 2.05) is 16.8 Å². The number of rotatable bonds is 6. The second-order valence-corrected chi connectivity index (χ2v) is 5.51. The Kier molecular flexibility index (Phi) is 3.70. The Morgan fingerprint density at radius 3 is 3.00 bits per heavy atom. The molecule has 0 aliphatic heterocycles. The highest BCUT2D eigenvalue weighted by Crippen LogP contribution is 2.22. The lowest BCUT2D eigenvalue weighted by molar-refractivity contribution is -0.385. The van der Waals surface area contributed by atoms with Crippen LogP contribution in [0.3, 0.4) is 0 Å². The molecule has 6 heteroatoms. The SMILES string of the molecule is Cc1c(Cn2cnc(CNC3CC3)c2)cccc1[N+](=O)[O-]. The quantitative estimate of drug-likeness (QED) is 0.653. The molecule has 110 valence electrons. The molecular weight excluding hydrogens is 268 g/mol. The maximum Gasteiger partial charge on any atom is 0.272 e. The van der Waals surface area contributed by atoms with Gasteiger partial charge in [-0.1, -0.05) is 12.1 Å². The van der Waals surface area contributed by atoms with Gasteiger partial charge >= 0.3 is 0 Å². The van der Waals surface area contributed by atoms with E-state index in [1.165, 1.54) is 18.9 Å². The number of aromatic nitrogens is 2. The van der Waals surface area contributed by atoms with Crippen molar-refractivity contribution in [1.82, 2.24) is 14.9 Å². The van der Waals surface area contributed by atoms with E-state index >= 15 is 0 Å². The van der Waals surface area contributed by atoms with Crippen LogP contribution in [0.15, 0.2) is 30.7 Å². The molecule has 0 radical (unpaired) electrons. The molecule has 0 amide bonds. The third-order valence-electron chi connectivity index (χ3n) is 3.80. The minimum absolute atomic E-state index is 0.170. The Balaban J connectivity index is 1.71. The number of hydrogen-bond acceptors (Lipinski definition) is 4. The zero-order valence-electron chi connectivity index (χ0n) is 12.0. The molecule has 1 aromatic heterocycles. The lowest BCUT2D eigenvalue weighted by atomic mass is 10.1. The Bertz CT molecular complexity index is 661. The van der Waals surface area contributed by atoms with Crippen LogP contribution in [0.1, 0.15) is 29.7 Å². The van der Waals surface area contributed by atoms with Gasteiger partial charge in [0.05, 0.1) is 16.9 Å². The van der Waals surface area contributed by atoms with Gasteiger partial charge < -0.3 is 9.88 Å². The van der Waals surface area contributed by atoms with Crippen LogP contribution in [0, 0.1) is 17.0 Å². The minimum Gasteiger partial charge on any atom is -0.333 e. The van der Waals surface area contributed by atoms with Gasteiger partial charge in [-0.3, -0.25) is 10.1 Å². The fourth-order valence-electron chi connectivity index (χ4n) is 2.36. The lowest BCUT2D eigenvalue weighted by Gasteiger charge is -2.06. The molecule has 0 bridgehead atoms. The summed E-state index contributed by atoms with van der Waals surface area (Å²) in [6, 6.07) is 5.85. The number of imidazole rings is 1. The largest absolute Gasteiger partial charge is 0.333 e. The van der Waals surface area contributed by atoms with E-state index < -0.39 is 0 Å². The first-order valence-electron chi connectivity index (χ1n) is 7.10. The van der Waals surface area contributed by atoms with Crippen molar-refractivity contribution in [2.24, 2.45) is 0 Å². The molecule has 1 N–H and O–H groups in total. The van der Waals surface area contributed by atoms with E-state index in [9.17, 15) is 10.1 Å². The monoisotopic (exact) mass is 286 g/mol. The molecule has 1 aliphatic carbocycles. The van der Waals surface area contributed by atoms with Crippen LogP contribution >= 0.6 is 0 Å². The number of nitro groups is 1. The highest BCUT2D eigenvalue weighted by Gasteiger charge is 2.20. The minimum atomic E-state index is -0.336. The fraction of sp³-hybridized carbons (Fsp3) is 0.400. The third-order valence-corrected chi connectivity index (χ3v) is 3.80. The predicted molar refractivity (Wildman–Crippen MR) is 79.0 cm³/mol. The van der Waals surface area contributed by atoms with E-state index in [1.54, 1.807) is 19.3 Å². The van der Waals surface area contributed by atoms with Crippen LogP contribution in [0.5, 0.6) is 0 Å². The summed E-state index contributed by atoms with van der Waals surface area (Å²) in [6.07, 6.45) is 6.29. The van der Waals surface area contributed by atoms with Gasteiger partial charge in [-0.2, -0.15) is 0 Å². The van der Waals surface area contributed by atoms with Gasteiger partial charge in [-0.15, -0.1) is 0 Å². The summed E-state index contributed by atoms with van der Waals surface area (Å²) in [5.41, 5.74) is 2.84. The number of nitro benzene ring substituents is 1. The zero-order chi connectivity index (χ0) is 14.8. The van der Waals surface area contributed by atoms with E-state index in [2.05, 4.69) is 10.3 Å². The highest BCUT2D eigenvalue weighted by molar-refractivity contribution is 5.44. The summed E-state index contributed by atoms with van der Waals surface area (Å²) in [5, 5.41) is 14.4. The van der Waals surface area contributed by atoms with Crippen molar-refractivity contribution in [3.8, 4) is 0 Å². The molecule has 1 saturated carbocycles. The maximum absolute atomic E-state index is 11.0. The van der Waals surface area contributed by atoms with Gasteiger partial charge in [-0.25, -0.2) is 4.98 Å². The molecular formula is C15H18N4O2. The van der Waals surface area contributed by atoms with Crippen LogP contribution < -0.4 is 5.32 Å². The van der Waals surface area contributed by atoms with Crippen molar-refractivity contribution in [3.05, 3.63) is 57.7 Å². The van der Waals surface area contributed by atoms with Gasteiger partial charge in [0.1, 0.15) is 0 Å². The molecule has 6 nitrogen and oxygen atoms in total. The molecule has 1 fully saturated rings. The molecule has 3 rings (SSSR count). The summed E-state index contributed by atoms with van der Waals surface area (Å²) < 4.78 is 1.97. The number of nitrogens with zero attached hydrogens (tertiary/aromatic N) is 3. The van der Waals surface area contributed by atoms with E-state index in [0.29, 0.717) is 18.2 Å². The highest BCUT2D eigenvalue weighted by atomic mass is 16.6. The normalized spacial score (nSPS) is 14.3. The Morgan fingerprint density at radius 1 is 1.48 bits per heavy atom. The van der Waals surface area contributed by atoms with Gasteiger partial charge in [0.15, 0.2) is 0 Å².